The predicted molar refractivity (Wildman–Crippen MR) is 64.9 cm³/mol. The highest BCUT2D eigenvalue weighted by Crippen LogP contribution is 2.28. The zero-order valence-electron chi connectivity index (χ0n) is 9.86. The second-order valence-corrected chi connectivity index (χ2v) is 4.67. The third-order valence-corrected chi connectivity index (χ3v) is 3.39. The zero-order chi connectivity index (χ0) is 11.1. The highest BCUT2D eigenvalue weighted by atomic mass is 14.9. The smallest absolute Gasteiger partial charge is 0.115 e. The number of hydrogen-bond acceptors (Lipinski definition) is 3. The molecule has 1 N–H and O–H groups in total. The van der Waals surface area contributed by atoms with Gasteiger partial charge >= 0.3 is 0 Å². The van der Waals surface area contributed by atoms with Gasteiger partial charge in [-0.15, -0.1) is 0 Å². The minimum Gasteiger partial charge on any atom is -0.311 e. The van der Waals surface area contributed by atoms with Crippen molar-refractivity contribution in [2.24, 2.45) is 5.92 Å². The van der Waals surface area contributed by atoms with Crippen molar-refractivity contribution in [3.63, 3.8) is 0 Å². The van der Waals surface area contributed by atoms with E-state index in [1.54, 1.807) is 12.5 Å². The van der Waals surface area contributed by atoms with E-state index in [1.165, 1.54) is 38.5 Å². The molecule has 0 bridgehead atoms. The van der Waals surface area contributed by atoms with Crippen molar-refractivity contribution in [1.29, 1.82) is 0 Å². The molecule has 3 nitrogen and oxygen atoms in total. The van der Waals surface area contributed by atoms with Crippen LogP contribution in [-0.2, 0) is 6.54 Å². The van der Waals surface area contributed by atoms with E-state index in [9.17, 15) is 0 Å². The van der Waals surface area contributed by atoms with Crippen molar-refractivity contribution in [2.45, 2.75) is 45.1 Å². The summed E-state index contributed by atoms with van der Waals surface area (Å²) >= 11 is 0. The Bertz CT molecular complexity index is 280. The standard InChI is InChI=1S/C13H21N3/c1-2-5-12(4-1)6-3-8-14-10-13-7-9-15-11-16-13/h7,9,11-12,14H,1-6,8,10H2. The minimum absolute atomic E-state index is 0.868. The van der Waals surface area contributed by atoms with Gasteiger partial charge in [0, 0.05) is 12.7 Å². The highest BCUT2D eigenvalue weighted by Gasteiger charge is 2.13. The van der Waals surface area contributed by atoms with Crippen LogP contribution < -0.4 is 5.32 Å². The molecule has 1 fully saturated rings. The molecule has 0 aromatic carbocycles. The first kappa shape index (κ1) is 11.5. The summed E-state index contributed by atoms with van der Waals surface area (Å²) in [6.07, 6.45) is 11.9. The van der Waals surface area contributed by atoms with Gasteiger partial charge in [-0.25, -0.2) is 9.97 Å². The van der Waals surface area contributed by atoms with Crippen LogP contribution in [0.25, 0.3) is 0 Å². The predicted octanol–water partition coefficient (Wildman–Crippen LogP) is 2.54. The molecule has 1 aromatic rings. The van der Waals surface area contributed by atoms with Crippen LogP contribution in [0.5, 0.6) is 0 Å². The molecule has 0 saturated heterocycles. The molecule has 3 heteroatoms. The van der Waals surface area contributed by atoms with E-state index >= 15 is 0 Å². The molecule has 88 valence electrons. The van der Waals surface area contributed by atoms with Crippen LogP contribution >= 0.6 is 0 Å². The van der Waals surface area contributed by atoms with Crippen LogP contribution in [0.15, 0.2) is 18.6 Å². The van der Waals surface area contributed by atoms with Crippen molar-refractivity contribution in [3.8, 4) is 0 Å². The summed E-state index contributed by atoms with van der Waals surface area (Å²) in [6, 6.07) is 1.96. The average molecular weight is 219 g/mol. The summed E-state index contributed by atoms with van der Waals surface area (Å²) in [6.45, 7) is 1.98. The topological polar surface area (TPSA) is 37.8 Å². The number of nitrogens with zero attached hydrogens (tertiary/aromatic N) is 2. The quantitative estimate of drug-likeness (QED) is 0.747. The second kappa shape index (κ2) is 6.59. The van der Waals surface area contributed by atoms with Gasteiger partial charge in [-0.3, -0.25) is 0 Å². The number of hydrogen-bond donors (Lipinski definition) is 1. The van der Waals surface area contributed by atoms with E-state index in [0.29, 0.717) is 0 Å². The molecule has 1 aromatic heterocycles. The summed E-state index contributed by atoms with van der Waals surface area (Å²) in [4.78, 5) is 8.08. The lowest BCUT2D eigenvalue weighted by molar-refractivity contribution is 0.469. The summed E-state index contributed by atoms with van der Waals surface area (Å²) in [5.74, 6) is 1.01. The van der Waals surface area contributed by atoms with E-state index in [1.807, 2.05) is 6.07 Å². The fourth-order valence-electron chi connectivity index (χ4n) is 2.45. The third kappa shape index (κ3) is 3.89. The molecular formula is C13H21N3. The monoisotopic (exact) mass is 219 g/mol. The van der Waals surface area contributed by atoms with Crippen molar-refractivity contribution in [3.05, 3.63) is 24.3 Å². The zero-order valence-corrected chi connectivity index (χ0v) is 9.86. The lowest BCUT2D eigenvalue weighted by Crippen LogP contribution is -2.16. The first-order valence-corrected chi connectivity index (χ1v) is 6.41. The van der Waals surface area contributed by atoms with Gasteiger partial charge in [0.1, 0.15) is 6.33 Å². The molecule has 2 rings (SSSR count). The Kier molecular flexibility index (Phi) is 4.74. The Morgan fingerprint density at radius 1 is 1.31 bits per heavy atom. The number of nitrogens with one attached hydrogen (secondary N) is 1. The molecule has 0 atom stereocenters. The van der Waals surface area contributed by atoms with E-state index in [4.69, 9.17) is 0 Å². The lowest BCUT2D eigenvalue weighted by atomic mass is 10.0. The Morgan fingerprint density at radius 2 is 2.19 bits per heavy atom. The maximum absolute atomic E-state index is 4.18. The van der Waals surface area contributed by atoms with Crippen LogP contribution in [0, 0.1) is 5.92 Å². The van der Waals surface area contributed by atoms with Gasteiger partial charge in [0.05, 0.1) is 5.69 Å². The molecule has 1 aliphatic rings. The van der Waals surface area contributed by atoms with Gasteiger partial charge in [-0.2, -0.15) is 0 Å². The van der Waals surface area contributed by atoms with Crippen molar-refractivity contribution in [2.75, 3.05) is 6.54 Å². The Hall–Kier alpha value is -0.960. The van der Waals surface area contributed by atoms with Crippen LogP contribution in [0.2, 0.25) is 0 Å². The van der Waals surface area contributed by atoms with Crippen LogP contribution in [0.3, 0.4) is 0 Å². The SMILES string of the molecule is c1cc(CNCCCC2CCCC2)ncn1. The molecule has 0 unspecified atom stereocenters. The summed E-state index contributed by atoms with van der Waals surface area (Å²) in [5.41, 5.74) is 1.08. The molecule has 1 saturated carbocycles. The third-order valence-electron chi connectivity index (χ3n) is 3.39. The largest absolute Gasteiger partial charge is 0.311 e. The molecule has 16 heavy (non-hydrogen) atoms. The highest BCUT2D eigenvalue weighted by molar-refractivity contribution is 4.96. The second-order valence-electron chi connectivity index (χ2n) is 4.67. The Morgan fingerprint density at radius 3 is 2.94 bits per heavy atom. The number of rotatable bonds is 6. The minimum atomic E-state index is 0.868. The van der Waals surface area contributed by atoms with Crippen molar-refractivity contribution < 1.29 is 0 Å². The maximum Gasteiger partial charge on any atom is 0.115 e. The van der Waals surface area contributed by atoms with Crippen LogP contribution in [-0.4, -0.2) is 16.5 Å². The molecule has 0 radical (unpaired) electrons. The lowest BCUT2D eigenvalue weighted by Gasteiger charge is -2.08. The van der Waals surface area contributed by atoms with Gasteiger partial charge in [0.25, 0.3) is 0 Å². The Labute approximate surface area is 97.7 Å². The summed E-state index contributed by atoms with van der Waals surface area (Å²) in [5, 5.41) is 3.44. The van der Waals surface area contributed by atoms with E-state index in [-0.39, 0.29) is 0 Å². The van der Waals surface area contributed by atoms with E-state index in [0.717, 1.165) is 24.7 Å². The van der Waals surface area contributed by atoms with Gasteiger partial charge in [-0.1, -0.05) is 25.7 Å². The van der Waals surface area contributed by atoms with Crippen LogP contribution in [0.1, 0.15) is 44.2 Å². The first-order chi connectivity index (χ1) is 7.95. The maximum atomic E-state index is 4.18. The van der Waals surface area contributed by atoms with Crippen molar-refractivity contribution in [1.82, 2.24) is 15.3 Å². The summed E-state index contributed by atoms with van der Waals surface area (Å²) < 4.78 is 0. The fourth-order valence-corrected chi connectivity index (χ4v) is 2.45. The van der Waals surface area contributed by atoms with Crippen molar-refractivity contribution >= 4 is 0 Å². The first-order valence-electron chi connectivity index (χ1n) is 6.41. The molecule has 0 spiro atoms. The Balaban J connectivity index is 1.52. The van der Waals surface area contributed by atoms with Gasteiger partial charge in [0.2, 0.25) is 0 Å². The number of aromatic nitrogens is 2. The normalized spacial score (nSPS) is 16.8. The molecule has 1 heterocycles. The average Bonchev–Trinajstić information content (AvgIpc) is 2.83. The van der Waals surface area contributed by atoms with Crippen LogP contribution in [0.4, 0.5) is 0 Å². The van der Waals surface area contributed by atoms with E-state index < -0.39 is 0 Å². The molecule has 1 aliphatic carbocycles. The van der Waals surface area contributed by atoms with Gasteiger partial charge < -0.3 is 5.32 Å². The molecular weight excluding hydrogens is 198 g/mol. The van der Waals surface area contributed by atoms with Gasteiger partial charge in [0.15, 0.2) is 0 Å². The van der Waals surface area contributed by atoms with Gasteiger partial charge in [-0.05, 0) is 31.4 Å². The molecule has 0 amide bonds. The van der Waals surface area contributed by atoms with E-state index in [2.05, 4.69) is 15.3 Å². The fraction of sp³-hybridized carbons (Fsp3) is 0.692. The summed E-state index contributed by atoms with van der Waals surface area (Å²) in [7, 11) is 0. The molecule has 0 aliphatic heterocycles.